The quantitative estimate of drug-likeness (QED) is 0.520. The lowest BCUT2D eigenvalue weighted by Gasteiger charge is -2.08. The Labute approximate surface area is 143 Å². The van der Waals surface area contributed by atoms with E-state index in [0.29, 0.717) is 17.5 Å². The van der Waals surface area contributed by atoms with Crippen molar-refractivity contribution in [2.45, 2.75) is 24.8 Å². The molecule has 0 saturated carbocycles. The Morgan fingerprint density at radius 3 is 2.54 bits per heavy atom. The standard InChI is InChI=1S/C18H16N4OS/c1-12-7-9-14(10-8-12)22-16-6-4-3-5-15(16)19-18(22)24-11-17-21-20-13(2)23-17/h3-10H,11H2,1-2H3. The summed E-state index contributed by atoms with van der Waals surface area (Å²) in [6, 6.07) is 16.6. The van der Waals surface area contributed by atoms with Gasteiger partial charge in [0.05, 0.1) is 16.8 Å². The van der Waals surface area contributed by atoms with Crippen LogP contribution >= 0.6 is 11.8 Å². The molecule has 0 radical (unpaired) electrons. The number of imidazole rings is 1. The van der Waals surface area contributed by atoms with E-state index in [-0.39, 0.29) is 0 Å². The Kier molecular flexibility index (Phi) is 3.82. The number of benzene rings is 2. The first-order valence-corrected chi connectivity index (χ1v) is 8.65. The zero-order valence-corrected chi connectivity index (χ0v) is 14.2. The van der Waals surface area contributed by atoms with Gasteiger partial charge in [-0.3, -0.25) is 4.57 Å². The molecule has 4 aromatic rings. The fraction of sp³-hybridized carbons (Fsp3) is 0.167. The maximum atomic E-state index is 5.46. The number of para-hydroxylation sites is 2. The van der Waals surface area contributed by atoms with Gasteiger partial charge in [0.25, 0.3) is 0 Å². The molecule has 24 heavy (non-hydrogen) atoms. The van der Waals surface area contributed by atoms with Crippen LogP contribution in [0.2, 0.25) is 0 Å². The van der Waals surface area contributed by atoms with Crippen LogP contribution in [0.4, 0.5) is 0 Å². The number of hydrogen-bond donors (Lipinski definition) is 0. The summed E-state index contributed by atoms with van der Waals surface area (Å²) >= 11 is 1.59. The molecule has 2 aromatic heterocycles. The molecule has 2 aromatic carbocycles. The molecule has 0 unspecified atom stereocenters. The molecule has 0 aliphatic carbocycles. The van der Waals surface area contributed by atoms with Crippen LogP contribution in [0.25, 0.3) is 16.7 Å². The lowest BCUT2D eigenvalue weighted by atomic mass is 10.2. The molecule has 120 valence electrons. The normalized spacial score (nSPS) is 11.2. The summed E-state index contributed by atoms with van der Waals surface area (Å²) in [4.78, 5) is 4.77. The van der Waals surface area contributed by atoms with Crippen LogP contribution in [-0.4, -0.2) is 19.7 Å². The van der Waals surface area contributed by atoms with Gasteiger partial charge < -0.3 is 4.42 Å². The van der Waals surface area contributed by atoms with E-state index in [0.717, 1.165) is 21.9 Å². The predicted molar refractivity (Wildman–Crippen MR) is 94.4 cm³/mol. The highest BCUT2D eigenvalue weighted by molar-refractivity contribution is 7.98. The van der Waals surface area contributed by atoms with Gasteiger partial charge in [-0.2, -0.15) is 0 Å². The van der Waals surface area contributed by atoms with Gasteiger partial charge in [-0.1, -0.05) is 41.6 Å². The Bertz CT molecular complexity index is 988. The monoisotopic (exact) mass is 336 g/mol. The van der Waals surface area contributed by atoms with Crippen LogP contribution in [-0.2, 0) is 5.75 Å². The number of nitrogens with zero attached hydrogens (tertiary/aromatic N) is 4. The third kappa shape index (κ3) is 2.80. The van der Waals surface area contributed by atoms with Crippen molar-refractivity contribution >= 4 is 22.8 Å². The summed E-state index contributed by atoms with van der Waals surface area (Å²) in [5.74, 6) is 1.79. The lowest BCUT2D eigenvalue weighted by Crippen LogP contribution is -1.97. The van der Waals surface area contributed by atoms with E-state index < -0.39 is 0 Å². The van der Waals surface area contributed by atoms with Crippen LogP contribution < -0.4 is 0 Å². The zero-order valence-electron chi connectivity index (χ0n) is 13.4. The molecule has 0 saturated heterocycles. The number of aromatic nitrogens is 4. The van der Waals surface area contributed by atoms with E-state index in [9.17, 15) is 0 Å². The van der Waals surface area contributed by atoms with Crippen LogP contribution in [0.1, 0.15) is 17.3 Å². The summed E-state index contributed by atoms with van der Waals surface area (Å²) in [5, 5.41) is 8.84. The lowest BCUT2D eigenvalue weighted by molar-refractivity contribution is 0.485. The van der Waals surface area contributed by atoms with Gasteiger partial charge >= 0.3 is 0 Å². The second-order valence-corrected chi connectivity index (χ2v) is 6.50. The van der Waals surface area contributed by atoms with Crippen molar-refractivity contribution in [3.8, 4) is 5.69 Å². The fourth-order valence-corrected chi connectivity index (χ4v) is 3.43. The minimum Gasteiger partial charge on any atom is -0.425 e. The van der Waals surface area contributed by atoms with Crippen molar-refractivity contribution in [1.29, 1.82) is 0 Å². The van der Waals surface area contributed by atoms with E-state index in [4.69, 9.17) is 9.40 Å². The minimum atomic E-state index is 0.581. The molecular formula is C18H16N4OS. The van der Waals surface area contributed by atoms with Crippen molar-refractivity contribution in [3.63, 3.8) is 0 Å². The molecule has 6 heteroatoms. The van der Waals surface area contributed by atoms with Gasteiger partial charge in [0, 0.05) is 12.6 Å². The number of thioether (sulfide) groups is 1. The van der Waals surface area contributed by atoms with Crippen LogP contribution in [0.3, 0.4) is 0 Å². The molecule has 4 rings (SSSR count). The van der Waals surface area contributed by atoms with Crippen molar-refractivity contribution in [1.82, 2.24) is 19.7 Å². The molecule has 0 aliphatic rings. The Morgan fingerprint density at radius 1 is 1.00 bits per heavy atom. The first-order chi connectivity index (χ1) is 11.7. The van der Waals surface area contributed by atoms with Crippen molar-refractivity contribution < 1.29 is 4.42 Å². The molecule has 0 spiro atoms. The minimum absolute atomic E-state index is 0.581. The summed E-state index contributed by atoms with van der Waals surface area (Å²) in [6.45, 7) is 3.88. The van der Waals surface area contributed by atoms with Crippen molar-refractivity contribution in [3.05, 3.63) is 65.9 Å². The maximum Gasteiger partial charge on any atom is 0.226 e. The van der Waals surface area contributed by atoms with E-state index in [1.807, 2.05) is 18.2 Å². The Hall–Kier alpha value is -2.60. The Morgan fingerprint density at radius 2 is 1.79 bits per heavy atom. The molecule has 0 fully saturated rings. The number of fused-ring (bicyclic) bond motifs is 1. The van der Waals surface area contributed by atoms with Gasteiger partial charge in [-0.05, 0) is 31.2 Å². The van der Waals surface area contributed by atoms with Crippen molar-refractivity contribution in [2.24, 2.45) is 0 Å². The highest BCUT2D eigenvalue weighted by atomic mass is 32.2. The second kappa shape index (κ2) is 6.13. The van der Waals surface area contributed by atoms with Gasteiger partial charge in [0.1, 0.15) is 0 Å². The van der Waals surface area contributed by atoms with Crippen LogP contribution in [0.15, 0.2) is 58.1 Å². The predicted octanol–water partition coefficient (Wildman–Crippen LogP) is 4.32. The third-order valence-electron chi connectivity index (χ3n) is 3.71. The summed E-state index contributed by atoms with van der Waals surface area (Å²) < 4.78 is 7.63. The number of hydrogen-bond acceptors (Lipinski definition) is 5. The van der Waals surface area contributed by atoms with Crippen LogP contribution in [0, 0.1) is 13.8 Å². The smallest absolute Gasteiger partial charge is 0.226 e. The molecule has 0 amide bonds. The third-order valence-corrected chi connectivity index (χ3v) is 4.64. The van der Waals surface area contributed by atoms with Gasteiger partial charge in [-0.25, -0.2) is 4.98 Å². The SMILES string of the molecule is Cc1ccc(-n2c(SCc3nnc(C)o3)nc3ccccc32)cc1. The first-order valence-electron chi connectivity index (χ1n) is 7.67. The zero-order chi connectivity index (χ0) is 16.5. The fourth-order valence-electron chi connectivity index (χ4n) is 2.57. The summed E-state index contributed by atoms with van der Waals surface area (Å²) in [5.41, 5.74) is 4.39. The highest BCUT2D eigenvalue weighted by Gasteiger charge is 2.14. The maximum absolute atomic E-state index is 5.46. The number of rotatable bonds is 4. The van der Waals surface area contributed by atoms with E-state index in [2.05, 4.69) is 52.0 Å². The molecule has 0 N–H and O–H groups in total. The largest absolute Gasteiger partial charge is 0.425 e. The summed E-state index contributed by atoms with van der Waals surface area (Å²) in [6.07, 6.45) is 0. The van der Waals surface area contributed by atoms with Gasteiger partial charge in [-0.15, -0.1) is 10.2 Å². The van der Waals surface area contributed by atoms with Crippen molar-refractivity contribution in [2.75, 3.05) is 0 Å². The molecule has 0 bridgehead atoms. The van der Waals surface area contributed by atoms with E-state index >= 15 is 0 Å². The molecular weight excluding hydrogens is 320 g/mol. The average molecular weight is 336 g/mol. The van der Waals surface area contributed by atoms with E-state index in [1.165, 1.54) is 5.56 Å². The average Bonchev–Trinajstić information content (AvgIpc) is 3.17. The second-order valence-electron chi connectivity index (χ2n) is 5.56. The highest BCUT2D eigenvalue weighted by Crippen LogP contribution is 2.29. The van der Waals surface area contributed by atoms with Gasteiger partial charge in [0.15, 0.2) is 5.16 Å². The van der Waals surface area contributed by atoms with E-state index in [1.54, 1.807) is 18.7 Å². The number of aryl methyl sites for hydroxylation is 2. The molecule has 5 nitrogen and oxygen atoms in total. The molecule has 0 atom stereocenters. The Balaban J connectivity index is 1.76. The molecule has 2 heterocycles. The first kappa shape index (κ1) is 15.0. The topological polar surface area (TPSA) is 56.7 Å². The van der Waals surface area contributed by atoms with Gasteiger partial charge in [0.2, 0.25) is 11.8 Å². The molecule has 0 aliphatic heterocycles. The summed E-state index contributed by atoms with van der Waals surface area (Å²) in [7, 11) is 0. The van der Waals surface area contributed by atoms with Crippen LogP contribution in [0.5, 0.6) is 0 Å².